The second-order valence-electron chi connectivity index (χ2n) is 4.92. The Morgan fingerprint density at radius 1 is 1.23 bits per heavy atom. The van der Waals surface area contributed by atoms with Crippen LogP contribution in [0.2, 0.25) is 0 Å². The number of aliphatic hydroxyl groups is 1. The molecular formula is C15H15N5O2. The van der Waals surface area contributed by atoms with E-state index in [1.807, 2.05) is 30.5 Å². The van der Waals surface area contributed by atoms with Crippen molar-refractivity contribution in [1.29, 1.82) is 0 Å². The van der Waals surface area contributed by atoms with Gasteiger partial charge in [0, 0.05) is 17.3 Å². The van der Waals surface area contributed by atoms with Crippen LogP contribution in [0.5, 0.6) is 0 Å². The van der Waals surface area contributed by atoms with Crippen molar-refractivity contribution in [1.82, 2.24) is 14.6 Å². The third-order valence-electron chi connectivity index (χ3n) is 3.17. The van der Waals surface area contributed by atoms with Gasteiger partial charge in [0.05, 0.1) is 0 Å². The van der Waals surface area contributed by atoms with E-state index in [1.165, 1.54) is 0 Å². The predicted octanol–water partition coefficient (Wildman–Crippen LogP) is 1.25. The number of pyridine rings is 1. The lowest BCUT2D eigenvalue weighted by molar-refractivity contribution is 0.100. The fraction of sp³-hybridized carbons (Fsp3) is 0.133. The highest BCUT2D eigenvalue weighted by molar-refractivity contribution is 5.93. The molecule has 7 nitrogen and oxygen atoms in total. The van der Waals surface area contributed by atoms with Gasteiger partial charge in [0.25, 0.3) is 0 Å². The minimum absolute atomic E-state index is 0.358. The summed E-state index contributed by atoms with van der Waals surface area (Å²) < 4.78 is 1.63. The van der Waals surface area contributed by atoms with E-state index in [1.54, 1.807) is 23.6 Å². The van der Waals surface area contributed by atoms with Gasteiger partial charge in [-0.3, -0.25) is 4.79 Å². The predicted molar refractivity (Wildman–Crippen MR) is 82.2 cm³/mol. The number of carbonyl (C=O) groups is 1. The number of aromatic nitrogens is 3. The van der Waals surface area contributed by atoms with Crippen molar-refractivity contribution in [3.05, 3.63) is 48.2 Å². The van der Waals surface area contributed by atoms with Crippen molar-refractivity contribution in [2.24, 2.45) is 5.73 Å². The molecule has 1 amide bonds. The highest BCUT2D eigenvalue weighted by atomic mass is 16.3. The molecule has 0 aliphatic heterocycles. The standard InChI is InChI=1S/C15H15N5O2/c1-9(21)17-15-18-13-7-6-12(8-20(13)19-15)10-2-4-11(5-3-10)14(16)22/h2-9,21H,1H3,(H2,16,22)(H,17,19). The Bertz CT molecular complexity index is 824. The van der Waals surface area contributed by atoms with Gasteiger partial charge >= 0.3 is 0 Å². The number of hydrogen-bond acceptors (Lipinski definition) is 5. The third-order valence-corrected chi connectivity index (χ3v) is 3.17. The van der Waals surface area contributed by atoms with E-state index in [0.717, 1.165) is 11.1 Å². The first-order chi connectivity index (χ1) is 10.5. The molecule has 3 rings (SSSR count). The number of carbonyl (C=O) groups excluding carboxylic acids is 1. The number of nitrogens with one attached hydrogen (secondary N) is 1. The van der Waals surface area contributed by atoms with E-state index in [-0.39, 0.29) is 0 Å². The van der Waals surface area contributed by atoms with Crippen LogP contribution in [-0.4, -0.2) is 31.8 Å². The van der Waals surface area contributed by atoms with Crippen molar-refractivity contribution in [2.75, 3.05) is 5.32 Å². The second kappa shape index (κ2) is 5.45. The van der Waals surface area contributed by atoms with Crippen molar-refractivity contribution < 1.29 is 9.90 Å². The van der Waals surface area contributed by atoms with Gasteiger partial charge in [-0.1, -0.05) is 12.1 Å². The Balaban J connectivity index is 1.95. The van der Waals surface area contributed by atoms with Crippen LogP contribution in [0.1, 0.15) is 17.3 Å². The maximum atomic E-state index is 11.1. The molecule has 1 aromatic carbocycles. The number of anilines is 1. The maximum Gasteiger partial charge on any atom is 0.248 e. The van der Waals surface area contributed by atoms with Gasteiger partial charge < -0.3 is 16.2 Å². The average molecular weight is 297 g/mol. The van der Waals surface area contributed by atoms with Gasteiger partial charge in [0.2, 0.25) is 11.9 Å². The number of amides is 1. The molecule has 1 unspecified atom stereocenters. The largest absolute Gasteiger partial charge is 0.374 e. The van der Waals surface area contributed by atoms with Crippen LogP contribution in [0.25, 0.3) is 16.8 Å². The van der Waals surface area contributed by atoms with Crippen molar-refractivity contribution in [3.63, 3.8) is 0 Å². The minimum atomic E-state index is -0.724. The Morgan fingerprint density at radius 3 is 2.55 bits per heavy atom. The molecule has 4 N–H and O–H groups in total. The molecule has 3 aromatic rings. The molecular weight excluding hydrogens is 282 g/mol. The van der Waals surface area contributed by atoms with Gasteiger partial charge in [0.1, 0.15) is 6.23 Å². The van der Waals surface area contributed by atoms with Crippen molar-refractivity contribution >= 4 is 17.5 Å². The highest BCUT2D eigenvalue weighted by Gasteiger charge is 2.07. The first-order valence-corrected chi connectivity index (χ1v) is 6.74. The molecule has 112 valence electrons. The number of benzene rings is 1. The molecule has 7 heteroatoms. The summed E-state index contributed by atoms with van der Waals surface area (Å²) in [4.78, 5) is 15.3. The van der Waals surface area contributed by atoms with Crippen LogP contribution in [0.15, 0.2) is 42.6 Å². The van der Waals surface area contributed by atoms with Crippen molar-refractivity contribution in [2.45, 2.75) is 13.2 Å². The van der Waals surface area contributed by atoms with Crippen LogP contribution >= 0.6 is 0 Å². The van der Waals surface area contributed by atoms with Gasteiger partial charge in [-0.25, -0.2) is 4.52 Å². The van der Waals surface area contributed by atoms with E-state index in [4.69, 9.17) is 5.73 Å². The first-order valence-electron chi connectivity index (χ1n) is 6.74. The lowest BCUT2D eigenvalue weighted by Gasteiger charge is -2.03. The van der Waals surface area contributed by atoms with E-state index in [9.17, 15) is 9.90 Å². The number of hydrogen-bond donors (Lipinski definition) is 3. The first kappa shape index (κ1) is 14.0. The average Bonchev–Trinajstić information content (AvgIpc) is 2.87. The van der Waals surface area contributed by atoms with Gasteiger partial charge in [-0.15, -0.1) is 5.10 Å². The number of rotatable bonds is 4. The molecule has 0 fully saturated rings. The summed E-state index contributed by atoms with van der Waals surface area (Å²) in [6, 6.07) is 10.8. The number of nitrogens with zero attached hydrogens (tertiary/aromatic N) is 3. The molecule has 2 aromatic heterocycles. The summed E-state index contributed by atoms with van der Waals surface area (Å²) in [5.74, 6) is -0.0941. The minimum Gasteiger partial charge on any atom is -0.374 e. The molecule has 22 heavy (non-hydrogen) atoms. The zero-order valence-corrected chi connectivity index (χ0v) is 11.9. The summed E-state index contributed by atoms with van der Waals surface area (Å²) in [5, 5.41) is 16.3. The quantitative estimate of drug-likeness (QED) is 0.628. The van der Waals surface area contributed by atoms with Gasteiger partial charge in [-0.05, 0) is 36.8 Å². The van der Waals surface area contributed by atoms with Crippen LogP contribution < -0.4 is 11.1 Å². The number of fused-ring (bicyclic) bond motifs is 1. The molecule has 0 radical (unpaired) electrons. The Hall–Kier alpha value is -2.93. The molecule has 0 saturated carbocycles. The highest BCUT2D eigenvalue weighted by Crippen LogP contribution is 2.20. The van der Waals surface area contributed by atoms with Crippen molar-refractivity contribution in [3.8, 4) is 11.1 Å². The van der Waals surface area contributed by atoms with E-state index in [0.29, 0.717) is 17.2 Å². The number of aliphatic hydroxyl groups excluding tert-OH is 1. The Kier molecular flexibility index (Phi) is 3.48. The fourth-order valence-corrected chi connectivity index (χ4v) is 2.13. The Labute approximate surface area is 126 Å². The zero-order valence-electron chi connectivity index (χ0n) is 11.9. The van der Waals surface area contributed by atoms with Crippen LogP contribution in [0, 0.1) is 0 Å². The summed E-state index contributed by atoms with van der Waals surface area (Å²) in [6.07, 6.45) is 1.10. The van der Waals surface area contributed by atoms with E-state index >= 15 is 0 Å². The molecule has 0 aliphatic rings. The molecule has 0 bridgehead atoms. The fourth-order valence-electron chi connectivity index (χ4n) is 2.13. The van der Waals surface area contributed by atoms with Crippen LogP contribution in [0.4, 0.5) is 5.95 Å². The smallest absolute Gasteiger partial charge is 0.248 e. The molecule has 0 aliphatic carbocycles. The lowest BCUT2D eigenvalue weighted by atomic mass is 10.1. The SMILES string of the molecule is CC(O)Nc1nc2ccc(-c3ccc(C(N)=O)cc3)cn2n1. The summed E-state index contributed by atoms with van der Waals surface area (Å²) in [5.41, 5.74) is 8.23. The Morgan fingerprint density at radius 2 is 1.91 bits per heavy atom. The number of nitrogens with two attached hydrogens (primary N) is 1. The molecule has 0 saturated heterocycles. The van der Waals surface area contributed by atoms with Crippen LogP contribution in [-0.2, 0) is 0 Å². The van der Waals surface area contributed by atoms with E-state index in [2.05, 4.69) is 15.4 Å². The number of primary amides is 1. The normalized spacial score (nSPS) is 12.3. The molecule has 0 spiro atoms. The topological polar surface area (TPSA) is 106 Å². The van der Waals surface area contributed by atoms with E-state index < -0.39 is 12.1 Å². The monoisotopic (exact) mass is 297 g/mol. The molecule has 2 heterocycles. The van der Waals surface area contributed by atoms with Gasteiger partial charge in [-0.2, -0.15) is 4.98 Å². The van der Waals surface area contributed by atoms with Gasteiger partial charge in [0.15, 0.2) is 5.65 Å². The second-order valence-corrected chi connectivity index (χ2v) is 4.92. The lowest BCUT2D eigenvalue weighted by Crippen LogP contribution is -2.14. The maximum absolute atomic E-state index is 11.1. The summed E-state index contributed by atoms with van der Waals surface area (Å²) in [6.45, 7) is 1.59. The zero-order chi connectivity index (χ0) is 15.7. The molecule has 1 atom stereocenters. The van der Waals surface area contributed by atoms with Crippen LogP contribution in [0.3, 0.4) is 0 Å². The summed E-state index contributed by atoms with van der Waals surface area (Å²) >= 11 is 0. The third kappa shape index (κ3) is 2.75. The summed E-state index contributed by atoms with van der Waals surface area (Å²) in [7, 11) is 0.